The number of methoxy groups -OCH3 is 2. The molecule has 1 fully saturated rings. The van der Waals surface area contributed by atoms with Crippen LogP contribution in [-0.4, -0.2) is 41.4 Å². The van der Waals surface area contributed by atoms with Crippen LogP contribution in [0, 0.1) is 17.0 Å². The van der Waals surface area contributed by atoms with Gasteiger partial charge in [0.25, 0.3) is 0 Å². The number of fused-ring (bicyclic) bond motifs is 1. The van der Waals surface area contributed by atoms with Crippen LogP contribution in [0.25, 0.3) is 22.3 Å². The molecule has 5 aromatic rings. The van der Waals surface area contributed by atoms with Crippen molar-refractivity contribution in [2.45, 2.75) is 32.4 Å². The van der Waals surface area contributed by atoms with Crippen molar-refractivity contribution < 1.29 is 32.2 Å². The summed E-state index contributed by atoms with van der Waals surface area (Å²) in [5.74, 6) is -0.635. The van der Waals surface area contributed by atoms with E-state index in [0.717, 1.165) is 17.7 Å². The summed E-state index contributed by atoms with van der Waals surface area (Å²) >= 11 is 6.03. The maximum Gasteiger partial charge on any atom is 0.337 e. The summed E-state index contributed by atoms with van der Waals surface area (Å²) in [5, 5.41) is 0.521. The number of hydrogen-bond acceptors (Lipinski definition) is 6. The van der Waals surface area contributed by atoms with Crippen LogP contribution >= 0.6 is 11.6 Å². The number of benzene rings is 3. The van der Waals surface area contributed by atoms with Crippen LogP contribution in [0.15, 0.2) is 66.7 Å². The number of imidazole rings is 1. The second-order valence-corrected chi connectivity index (χ2v) is 11.6. The highest BCUT2D eigenvalue weighted by atomic mass is 35.5. The monoisotopic (exact) mass is 635 g/mol. The minimum absolute atomic E-state index is 0.0311. The molecule has 0 N–H and O–H groups in total. The van der Waals surface area contributed by atoms with Gasteiger partial charge in [-0.05, 0) is 66.9 Å². The van der Waals surface area contributed by atoms with Gasteiger partial charge in [-0.15, -0.1) is 0 Å². The molecule has 0 spiro atoms. The Bertz CT molecular complexity index is 1910. The minimum Gasteiger partial charge on any atom is -0.496 e. The van der Waals surface area contributed by atoms with Gasteiger partial charge < -0.3 is 18.8 Å². The smallest absolute Gasteiger partial charge is 0.337 e. The predicted octanol–water partition coefficient (Wildman–Crippen LogP) is 7.74. The second-order valence-electron chi connectivity index (χ2n) is 11.1. The van der Waals surface area contributed by atoms with E-state index in [9.17, 15) is 9.18 Å². The number of rotatable bonds is 11. The summed E-state index contributed by atoms with van der Waals surface area (Å²) < 4.78 is 62.9. The van der Waals surface area contributed by atoms with E-state index >= 15 is 8.78 Å². The lowest BCUT2D eigenvalue weighted by Gasteiger charge is -2.16. The van der Waals surface area contributed by atoms with Crippen molar-refractivity contribution >= 4 is 28.6 Å². The van der Waals surface area contributed by atoms with Gasteiger partial charge in [-0.2, -0.15) is 0 Å². The lowest BCUT2D eigenvalue weighted by molar-refractivity contribution is 0.0601. The molecule has 6 rings (SSSR count). The van der Waals surface area contributed by atoms with E-state index in [2.05, 4.69) is 9.97 Å². The van der Waals surface area contributed by atoms with E-state index in [1.807, 2.05) is 0 Å². The molecule has 11 heteroatoms. The second kappa shape index (κ2) is 12.4. The van der Waals surface area contributed by atoms with Gasteiger partial charge in [-0.1, -0.05) is 23.7 Å². The Kier molecular flexibility index (Phi) is 8.42. The van der Waals surface area contributed by atoms with Gasteiger partial charge in [0.15, 0.2) is 0 Å². The van der Waals surface area contributed by atoms with Crippen molar-refractivity contribution in [2.24, 2.45) is 5.41 Å². The number of carbonyl (C=O) groups is 1. The van der Waals surface area contributed by atoms with Crippen molar-refractivity contribution in [3.63, 3.8) is 0 Å². The van der Waals surface area contributed by atoms with Crippen molar-refractivity contribution in [1.82, 2.24) is 14.5 Å². The molecule has 1 saturated carbocycles. The molecule has 7 nitrogen and oxygen atoms in total. The molecule has 232 valence electrons. The Morgan fingerprint density at radius 3 is 2.53 bits per heavy atom. The Labute approximate surface area is 262 Å². The van der Waals surface area contributed by atoms with Crippen LogP contribution < -0.4 is 9.47 Å². The number of nitrogens with zero attached hydrogens (tertiary/aromatic N) is 3. The summed E-state index contributed by atoms with van der Waals surface area (Å²) in [6.07, 6.45) is 1.37. The average Bonchev–Trinajstić information content (AvgIpc) is 3.76. The third-order valence-corrected chi connectivity index (χ3v) is 8.33. The van der Waals surface area contributed by atoms with Crippen LogP contribution in [0.2, 0.25) is 5.02 Å². The topological polar surface area (TPSA) is 75.5 Å². The van der Waals surface area contributed by atoms with Gasteiger partial charge >= 0.3 is 5.97 Å². The maximum atomic E-state index is 15.6. The molecule has 0 bridgehead atoms. The predicted molar refractivity (Wildman–Crippen MR) is 163 cm³/mol. The Morgan fingerprint density at radius 2 is 1.80 bits per heavy atom. The number of aromatic nitrogens is 3. The van der Waals surface area contributed by atoms with Crippen molar-refractivity contribution in [1.29, 1.82) is 0 Å². The molecular weight excluding hydrogens is 607 g/mol. The first kappa shape index (κ1) is 30.5. The number of halogens is 4. The molecule has 0 radical (unpaired) electrons. The van der Waals surface area contributed by atoms with Crippen molar-refractivity contribution in [3.8, 4) is 22.9 Å². The molecule has 3 aromatic carbocycles. The number of hydrogen-bond donors (Lipinski definition) is 0. The molecule has 0 aliphatic heterocycles. The van der Waals surface area contributed by atoms with Gasteiger partial charge in [-0.3, -0.25) is 4.39 Å². The Balaban J connectivity index is 1.28. The fourth-order valence-electron chi connectivity index (χ4n) is 5.30. The first-order chi connectivity index (χ1) is 21.7. The van der Waals surface area contributed by atoms with Crippen molar-refractivity contribution in [3.05, 3.63) is 106 Å². The third kappa shape index (κ3) is 6.33. The van der Waals surface area contributed by atoms with Crippen LogP contribution in [-0.2, 0) is 24.3 Å². The lowest BCUT2D eigenvalue weighted by Crippen LogP contribution is -2.16. The molecule has 0 saturated heterocycles. The average molecular weight is 636 g/mol. The first-order valence-corrected chi connectivity index (χ1v) is 14.6. The number of alkyl halides is 1. The summed E-state index contributed by atoms with van der Waals surface area (Å²) in [5.41, 5.74) is 1.92. The van der Waals surface area contributed by atoms with Crippen LogP contribution in [0.1, 0.15) is 40.2 Å². The molecule has 0 unspecified atom stereocenters. The van der Waals surface area contributed by atoms with Crippen LogP contribution in [0.3, 0.4) is 0 Å². The zero-order valence-corrected chi connectivity index (χ0v) is 25.3. The molecular formula is C34H29ClF3N3O4. The number of esters is 1. The van der Waals surface area contributed by atoms with Gasteiger partial charge in [0, 0.05) is 40.6 Å². The largest absolute Gasteiger partial charge is 0.496 e. The number of carbonyl (C=O) groups excluding carboxylic acids is 1. The van der Waals surface area contributed by atoms with E-state index in [1.54, 1.807) is 59.2 Å². The molecule has 45 heavy (non-hydrogen) atoms. The van der Waals surface area contributed by atoms with E-state index in [4.69, 9.17) is 25.8 Å². The van der Waals surface area contributed by atoms with Gasteiger partial charge in [0.2, 0.25) is 5.88 Å². The highest BCUT2D eigenvalue weighted by Gasteiger charge is 2.44. The number of ether oxygens (including phenoxy) is 3. The minimum atomic E-state index is -0.673. The van der Waals surface area contributed by atoms with E-state index in [-0.39, 0.29) is 35.7 Å². The zero-order chi connectivity index (χ0) is 31.7. The molecule has 0 atom stereocenters. The molecule has 2 aromatic heterocycles. The number of pyridine rings is 1. The highest BCUT2D eigenvalue weighted by Crippen LogP contribution is 2.48. The molecule has 0 amide bonds. The van der Waals surface area contributed by atoms with E-state index < -0.39 is 29.7 Å². The van der Waals surface area contributed by atoms with Gasteiger partial charge in [-0.25, -0.2) is 23.5 Å². The summed E-state index contributed by atoms with van der Waals surface area (Å²) in [4.78, 5) is 21.2. The van der Waals surface area contributed by atoms with Crippen molar-refractivity contribution in [2.75, 3.05) is 20.9 Å². The van der Waals surface area contributed by atoms with Crippen LogP contribution in [0.5, 0.6) is 11.6 Å². The fourth-order valence-corrected chi connectivity index (χ4v) is 5.46. The fraction of sp³-hybridized carbons (Fsp3) is 0.265. The normalized spacial score (nSPS) is 13.6. The summed E-state index contributed by atoms with van der Waals surface area (Å²) in [6, 6.07) is 17.1. The molecule has 2 heterocycles. The Hall–Kier alpha value is -4.57. The van der Waals surface area contributed by atoms with Gasteiger partial charge in [0.1, 0.15) is 29.8 Å². The first-order valence-electron chi connectivity index (χ1n) is 14.3. The van der Waals surface area contributed by atoms with Crippen LogP contribution in [0.4, 0.5) is 13.2 Å². The van der Waals surface area contributed by atoms with Gasteiger partial charge in [0.05, 0.1) is 43.2 Å². The standard InChI is InChI=1S/C34H29ClF3N3O4/c1-43-30-15-23(35)8-6-21(30)17-45-32-5-3-4-27(40-32)24-16-25(37)22(12-26(24)38)14-31-39-28-9-7-20(33(42)44-2)13-29(28)41(31)19-34(18-36)10-11-34/h3-9,12-13,15-16H,10-11,14,17-19H2,1-2H3. The maximum absolute atomic E-state index is 15.6. The highest BCUT2D eigenvalue weighted by molar-refractivity contribution is 6.30. The SMILES string of the molecule is COC(=O)c1ccc2nc(Cc3cc(F)c(-c4cccc(OCc5ccc(Cl)cc5OC)n4)cc3F)n(CC3(CF)CC3)c2c1. The van der Waals surface area contributed by atoms with E-state index in [0.29, 0.717) is 52.6 Å². The third-order valence-electron chi connectivity index (χ3n) is 8.09. The quantitative estimate of drug-likeness (QED) is 0.138. The van der Waals surface area contributed by atoms with E-state index in [1.165, 1.54) is 14.2 Å². The lowest BCUT2D eigenvalue weighted by atomic mass is 10.0. The Morgan fingerprint density at radius 1 is 0.978 bits per heavy atom. The summed E-state index contributed by atoms with van der Waals surface area (Å²) in [7, 11) is 2.81. The molecule has 1 aliphatic rings. The zero-order valence-electron chi connectivity index (χ0n) is 24.6. The summed E-state index contributed by atoms with van der Waals surface area (Å²) in [6.45, 7) is -0.0807. The molecule has 1 aliphatic carbocycles.